The number of anilines is 1. The maximum Gasteiger partial charge on any atom is 0.316 e. The van der Waals surface area contributed by atoms with Crippen molar-refractivity contribution in [3.63, 3.8) is 0 Å². The number of sulfone groups is 2. The van der Waals surface area contributed by atoms with Gasteiger partial charge in [-0.3, -0.25) is 19.2 Å². The molecule has 4 rings (SSSR count). The highest BCUT2D eigenvalue weighted by Crippen LogP contribution is 2.43. The van der Waals surface area contributed by atoms with Crippen LogP contribution >= 0.6 is 15.9 Å². The summed E-state index contributed by atoms with van der Waals surface area (Å²) in [4.78, 5) is 48.9. The number of carbonyl (C=O) groups is 4. The van der Waals surface area contributed by atoms with Crippen LogP contribution in [-0.2, 0) is 48.3 Å². The number of nitrogens with zero attached hydrogens (tertiary/aromatic N) is 2. The molecule has 3 N–H and O–H groups in total. The molecule has 0 aliphatic carbocycles. The third-order valence-electron chi connectivity index (χ3n) is 8.17. The number of ether oxygens (including phenoxy) is 3. The summed E-state index contributed by atoms with van der Waals surface area (Å²) in [5.41, 5.74) is 5.91. The van der Waals surface area contributed by atoms with E-state index < -0.39 is 55.1 Å². The van der Waals surface area contributed by atoms with Crippen molar-refractivity contribution >= 4 is 64.9 Å². The smallest absolute Gasteiger partial charge is 0.316 e. The van der Waals surface area contributed by atoms with Gasteiger partial charge in [0.15, 0.2) is 25.5 Å². The van der Waals surface area contributed by atoms with Crippen LogP contribution in [0.3, 0.4) is 0 Å². The Morgan fingerprint density at radius 3 is 2.06 bits per heavy atom. The van der Waals surface area contributed by atoms with Crippen LogP contribution in [0.1, 0.15) is 60.8 Å². The maximum atomic E-state index is 12.8. The average molecular weight is 857 g/mol. The van der Waals surface area contributed by atoms with E-state index in [1.807, 2.05) is 19.1 Å². The largest absolute Gasteiger partial charge is 0.494 e. The average Bonchev–Trinajstić information content (AvgIpc) is 3.31. The fourth-order valence-electron chi connectivity index (χ4n) is 6.00. The van der Waals surface area contributed by atoms with E-state index in [9.17, 15) is 36.0 Å². The summed E-state index contributed by atoms with van der Waals surface area (Å²) in [5.74, 6) is -2.16. The normalized spacial score (nSPS) is 18.0. The number of aliphatic hydroxyl groups is 1. The number of alkyl halides is 1. The van der Waals surface area contributed by atoms with Crippen LogP contribution in [0.2, 0.25) is 0 Å². The monoisotopic (exact) mass is 855 g/mol. The van der Waals surface area contributed by atoms with Gasteiger partial charge in [0.2, 0.25) is 5.91 Å². The quantitative estimate of drug-likeness (QED) is 0.191. The van der Waals surface area contributed by atoms with E-state index in [4.69, 9.17) is 20.3 Å². The number of piperidine rings is 1. The van der Waals surface area contributed by atoms with Gasteiger partial charge < -0.3 is 34.9 Å². The summed E-state index contributed by atoms with van der Waals surface area (Å²) in [7, 11) is -5.65. The van der Waals surface area contributed by atoms with Crippen molar-refractivity contribution in [3.8, 4) is 5.75 Å². The van der Waals surface area contributed by atoms with E-state index in [0.29, 0.717) is 25.6 Å². The fraction of sp³-hybridized carbons (Fsp3) is 0.714. The molecule has 1 aromatic carbocycles. The number of halogens is 1. The van der Waals surface area contributed by atoms with Crippen LogP contribution in [0.5, 0.6) is 5.75 Å². The Hall–Kier alpha value is -2.80. The van der Waals surface area contributed by atoms with Crippen molar-refractivity contribution in [2.24, 2.45) is 17.1 Å². The Kier molecular flexibility index (Phi) is 19.9. The Bertz CT molecular complexity index is 1560. The van der Waals surface area contributed by atoms with Gasteiger partial charge in [-0.05, 0) is 76.1 Å². The van der Waals surface area contributed by atoms with Crippen LogP contribution in [0.25, 0.3) is 0 Å². The third-order valence-corrected chi connectivity index (χ3v) is 11.8. The number of fused-ring (bicyclic) bond motifs is 4. The first-order valence-electron chi connectivity index (χ1n) is 17.4. The fourth-order valence-corrected chi connectivity index (χ4v) is 8.60. The molecule has 18 heteroatoms. The first kappa shape index (κ1) is 48.2. The van der Waals surface area contributed by atoms with Crippen molar-refractivity contribution in [2.75, 3.05) is 79.7 Å². The molecule has 0 unspecified atom stereocenters. The summed E-state index contributed by atoms with van der Waals surface area (Å²) < 4.78 is 61.7. The zero-order valence-corrected chi connectivity index (χ0v) is 35.2. The molecule has 1 aromatic rings. The Morgan fingerprint density at radius 2 is 1.57 bits per heavy atom. The molecule has 15 nitrogen and oxygen atoms in total. The van der Waals surface area contributed by atoms with Gasteiger partial charge in [0.1, 0.15) is 34.8 Å². The van der Waals surface area contributed by atoms with E-state index in [2.05, 4.69) is 51.5 Å². The zero-order chi connectivity index (χ0) is 40.6. The van der Waals surface area contributed by atoms with Crippen molar-refractivity contribution in [2.45, 2.75) is 72.4 Å². The van der Waals surface area contributed by atoms with Crippen LogP contribution < -0.4 is 15.4 Å². The number of hydrogen-bond acceptors (Lipinski definition) is 14. The molecule has 3 heterocycles. The number of Topliss-reactive ketones (excluding diaryl/α,β-unsaturated/α-hetero) is 1. The van der Waals surface area contributed by atoms with Crippen molar-refractivity contribution < 1.29 is 55.3 Å². The summed E-state index contributed by atoms with van der Waals surface area (Å²) in [6, 6.07) is 8.22. The van der Waals surface area contributed by atoms with E-state index in [0.717, 1.165) is 24.4 Å². The van der Waals surface area contributed by atoms with Gasteiger partial charge in [-0.2, -0.15) is 0 Å². The minimum absolute atomic E-state index is 0.0101. The van der Waals surface area contributed by atoms with E-state index >= 15 is 0 Å². The lowest BCUT2D eigenvalue weighted by Gasteiger charge is -2.48. The molecule has 3 saturated heterocycles. The molecule has 3 aliphatic heterocycles. The Balaban J connectivity index is 0.000000499. The van der Waals surface area contributed by atoms with Gasteiger partial charge in [0.25, 0.3) is 0 Å². The van der Waals surface area contributed by atoms with Gasteiger partial charge in [-0.25, -0.2) is 16.8 Å². The lowest BCUT2D eigenvalue weighted by molar-refractivity contribution is -0.154. The molecule has 2 bridgehead atoms. The number of ketones is 1. The molecule has 304 valence electrons. The van der Waals surface area contributed by atoms with Crippen LogP contribution in [0.15, 0.2) is 24.3 Å². The minimum atomic E-state index is -3.55. The van der Waals surface area contributed by atoms with Gasteiger partial charge in [0, 0.05) is 38.3 Å². The van der Waals surface area contributed by atoms with Crippen molar-refractivity contribution in [1.29, 1.82) is 0 Å². The molecule has 3 fully saturated rings. The number of esters is 2. The van der Waals surface area contributed by atoms with Gasteiger partial charge in [-0.1, -0.05) is 29.8 Å². The number of methoxy groups -OCH3 is 1. The molecular formula is C35H58BrN3O12S2. The zero-order valence-electron chi connectivity index (χ0n) is 32.0. The predicted octanol–water partition coefficient (Wildman–Crippen LogP) is 2.16. The second-order valence-electron chi connectivity index (χ2n) is 14.5. The highest BCUT2D eigenvalue weighted by Gasteiger charge is 2.47. The van der Waals surface area contributed by atoms with Gasteiger partial charge >= 0.3 is 11.9 Å². The summed E-state index contributed by atoms with van der Waals surface area (Å²) >= 11 is 2.90. The second-order valence-corrected chi connectivity index (χ2v) is 19.5. The molecular weight excluding hydrogens is 798 g/mol. The number of benzene rings is 1. The highest BCUT2D eigenvalue weighted by atomic mass is 79.9. The van der Waals surface area contributed by atoms with Crippen LogP contribution in [0.4, 0.5) is 5.69 Å². The summed E-state index contributed by atoms with van der Waals surface area (Å²) in [6.07, 6.45) is 1.12. The number of hydrogen-bond donors (Lipinski definition) is 2. The van der Waals surface area contributed by atoms with Crippen LogP contribution in [-0.4, -0.2) is 137 Å². The summed E-state index contributed by atoms with van der Waals surface area (Å²) in [5, 5.41) is 8.73. The first-order chi connectivity index (χ1) is 24.5. The minimum Gasteiger partial charge on any atom is -0.494 e. The molecule has 0 saturated carbocycles. The number of nitrogens with two attached hydrogens (primary N) is 1. The lowest BCUT2D eigenvalue weighted by atomic mass is 9.73. The molecule has 53 heavy (non-hydrogen) atoms. The van der Waals surface area contributed by atoms with E-state index in [-0.39, 0.29) is 59.6 Å². The number of rotatable bonds is 15. The third kappa shape index (κ3) is 18.4. The van der Waals surface area contributed by atoms with Crippen LogP contribution in [0, 0.1) is 11.3 Å². The summed E-state index contributed by atoms with van der Waals surface area (Å²) in [6.45, 7) is 13.5. The lowest BCUT2D eigenvalue weighted by Crippen LogP contribution is -2.54. The highest BCUT2D eigenvalue weighted by molar-refractivity contribution is 9.09. The molecule has 2 atom stereocenters. The predicted molar refractivity (Wildman–Crippen MR) is 207 cm³/mol. The van der Waals surface area contributed by atoms with Crippen molar-refractivity contribution in [3.05, 3.63) is 24.3 Å². The Labute approximate surface area is 323 Å². The van der Waals surface area contributed by atoms with E-state index in [1.165, 1.54) is 7.11 Å². The number of amides is 1. The topological polar surface area (TPSA) is 217 Å². The molecule has 0 aromatic heterocycles. The molecule has 1 amide bonds. The molecule has 3 aliphatic rings. The van der Waals surface area contributed by atoms with Crippen molar-refractivity contribution in [1.82, 2.24) is 4.90 Å². The number of aliphatic hydroxyl groups excluding tert-OH is 1. The molecule has 0 radical (unpaired) electrons. The second kappa shape index (κ2) is 21.9. The van der Waals surface area contributed by atoms with Gasteiger partial charge in [-0.15, -0.1) is 0 Å². The first-order valence-corrected chi connectivity index (χ1v) is 22.1. The maximum absolute atomic E-state index is 12.8. The standard InChI is InChI=1S/C21H33N3O4S.C11H20O6S.C3H5BrO2/c1-4-28-18-7-5-17(6-8-18)24-13-16-11-21(2,3)19(24)14-23(12-16)20(25)15-29(26,27)10-9-22;1-11(2,3)17-10(14)5-4-6-18(15,16)8-9(13)7-12;1-6-3(5)2-4/h5-8,16,19H,4,9-15,22H2,1-3H3;12H,4-8H2,1-3H3;2H2,1H3/t16-,19-;;/m1../s1. The van der Waals surface area contributed by atoms with Gasteiger partial charge in [0.05, 0.1) is 31.3 Å². The molecule has 0 spiro atoms. The Morgan fingerprint density at radius 1 is 0.962 bits per heavy atom. The number of carbonyl (C=O) groups excluding carboxylic acids is 4. The van der Waals surface area contributed by atoms with E-state index in [1.54, 1.807) is 25.7 Å². The SMILES string of the molecule is CC(C)(C)OC(=O)CCCS(=O)(=O)CC(=O)CO.CCOc1ccc(N2C[C@H]3CN(C(=O)CS(=O)(=O)CCN)C[C@@H]2C(C)(C)C3)cc1.COC(=O)CBr.